The summed E-state index contributed by atoms with van der Waals surface area (Å²) in [5.41, 5.74) is 11.4. The fourth-order valence-corrected chi connectivity index (χ4v) is 3.73. The molecule has 7 nitrogen and oxygen atoms in total. The third-order valence-electron chi connectivity index (χ3n) is 5.33. The number of nitrogens with one attached hydrogen (secondary N) is 3. The number of nitrogens with two attached hydrogens (primary N) is 1. The molecule has 0 bridgehead atoms. The van der Waals surface area contributed by atoms with Crippen molar-refractivity contribution in [2.24, 2.45) is 0 Å². The highest BCUT2D eigenvalue weighted by atomic mass is 16.5. The number of methoxy groups -OCH3 is 1. The first-order valence-corrected chi connectivity index (χ1v) is 9.79. The van der Waals surface area contributed by atoms with Gasteiger partial charge in [-0.05, 0) is 53.3 Å². The van der Waals surface area contributed by atoms with Crippen molar-refractivity contribution in [3.05, 3.63) is 66.6 Å². The quantitative estimate of drug-likeness (QED) is 0.340. The maximum absolute atomic E-state index is 6.23. The Hall–Kier alpha value is -4.00. The van der Waals surface area contributed by atoms with Gasteiger partial charge in [0.15, 0.2) is 0 Å². The first-order valence-electron chi connectivity index (χ1n) is 9.79. The number of fused-ring (bicyclic) bond motifs is 2. The van der Waals surface area contributed by atoms with Crippen molar-refractivity contribution in [3.8, 4) is 16.9 Å². The van der Waals surface area contributed by atoms with Gasteiger partial charge >= 0.3 is 0 Å². The average Bonchev–Trinajstić information content (AvgIpc) is 3.40. The second-order valence-corrected chi connectivity index (χ2v) is 7.17. The van der Waals surface area contributed by atoms with Crippen LogP contribution in [0.15, 0.2) is 61.1 Å². The van der Waals surface area contributed by atoms with Crippen LogP contribution in [-0.4, -0.2) is 33.6 Å². The number of aromatic amines is 2. The SMILES string of the molecule is COc1ccc2c(CCNc3ncc(-c4ccc5[nH]ccc5c4)c(N)n3)c[nH]c2c1. The van der Waals surface area contributed by atoms with Crippen molar-refractivity contribution in [2.75, 3.05) is 24.7 Å². The van der Waals surface area contributed by atoms with Gasteiger partial charge in [0.1, 0.15) is 11.6 Å². The van der Waals surface area contributed by atoms with Crippen LogP contribution in [-0.2, 0) is 6.42 Å². The van der Waals surface area contributed by atoms with E-state index in [9.17, 15) is 0 Å². The van der Waals surface area contributed by atoms with Crippen LogP contribution in [0, 0.1) is 0 Å². The Labute approximate surface area is 173 Å². The summed E-state index contributed by atoms with van der Waals surface area (Å²) >= 11 is 0. The minimum absolute atomic E-state index is 0.460. The molecular weight excluding hydrogens is 376 g/mol. The van der Waals surface area contributed by atoms with E-state index in [-0.39, 0.29) is 0 Å². The number of anilines is 2. The molecule has 0 saturated heterocycles. The molecule has 0 aliphatic rings. The molecule has 0 fully saturated rings. The number of hydrogen-bond acceptors (Lipinski definition) is 5. The molecular formula is C23H22N6O. The normalized spacial score (nSPS) is 11.2. The number of nitrogens with zero attached hydrogens (tertiary/aromatic N) is 2. The number of hydrogen-bond donors (Lipinski definition) is 4. The molecule has 0 aliphatic heterocycles. The molecule has 30 heavy (non-hydrogen) atoms. The highest BCUT2D eigenvalue weighted by Crippen LogP contribution is 2.28. The molecule has 0 aliphatic carbocycles. The lowest BCUT2D eigenvalue weighted by atomic mass is 10.1. The zero-order chi connectivity index (χ0) is 20.5. The number of H-pyrrole nitrogens is 2. The molecule has 0 spiro atoms. The highest BCUT2D eigenvalue weighted by Gasteiger charge is 2.09. The van der Waals surface area contributed by atoms with Crippen molar-refractivity contribution >= 4 is 33.6 Å². The van der Waals surface area contributed by atoms with Gasteiger partial charge in [-0.2, -0.15) is 4.98 Å². The lowest BCUT2D eigenvalue weighted by Gasteiger charge is -2.09. The molecule has 0 saturated carbocycles. The van der Waals surface area contributed by atoms with Crippen molar-refractivity contribution in [1.82, 2.24) is 19.9 Å². The smallest absolute Gasteiger partial charge is 0.224 e. The summed E-state index contributed by atoms with van der Waals surface area (Å²) in [5.74, 6) is 1.83. The Bertz CT molecular complexity index is 1340. The molecule has 5 aromatic rings. The number of benzene rings is 2. The van der Waals surface area contributed by atoms with Crippen molar-refractivity contribution in [3.63, 3.8) is 0 Å². The second kappa shape index (κ2) is 7.44. The minimum atomic E-state index is 0.460. The maximum atomic E-state index is 6.23. The molecule has 3 heterocycles. The predicted octanol–water partition coefficient (Wildman–Crippen LogP) is 4.35. The van der Waals surface area contributed by atoms with Gasteiger partial charge in [0.25, 0.3) is 0 Å². The van der Waals surface area contributed by atoms with Crippen LogP contribution < -0.4 is 15.8 Å². The highest BCUT2D eigenvalue weighted by molar-refractivity contribution is 5.87. The van der Waals surface area contributed by atoms with Gasteiger partial charge in [0.05, 0.1) is 7.11 Å². The molecule has 0 atom stereocenters. The molecule has 0 unspecified atom stereocenters. The maximum Gasteiger partial charge on any atom is 0.224 e. The van der Waals surface area contributed by atoms with E-state index in [4.69, 9.17) is 10.5 Å². The largest absolute Gasteiger partial charge is 0.497 e. The van der Waals surface area contributed by atoms with Crippen LogP contribution in [0.25, 0.3) is 32.9 Å². The lowest BCUT2D eigenvalue weighted by molar-refractivity contribution is 0.415. The summed E-state index contributed by atoms with van der Waals surface area (Å²) in [6, 6.07) is 14.2. The third-order valence-corrected chi connectivity index (χ3v) is 5.33. The van der Waals surface area contributed by atoms with E-state index in [1.807, 2.05) is 42.7 Å². The Morgan fingerprint density at radius 1 is 1.07 bits per heavy atom. The van der Waals surface area contributed by atoms with Gasteiger partial charge in [0, 0.05) is 53.2 Å². The summed E-state index contributed by atoms with van der Waals surface area (Å²) in [6.07, 6.45) is 6.56. The fourth-order valence-electron chi connectivity index (χ4n) is 3.73. The summed E-state index contributed by atoms with van der Waals surface area (Å²) in [6.45, 7) is 0.701. The summed E-state index contributed by atoms with van der Waals surface area (Å²) < 4.78 is 5.28. The minimum Gasteiger partial charge on any atom is -0.497 e. The first-order chi connectivity index (χ1) is 14.7. The zero-order valence-electron chi connectivity index (χ0n) is 16.6. The first kappa shape index (κ1) is 18.1. The standard InChI is InChI=1S/C23H22N6O/c1-30-17-3-4-18-16(12-27-21(18)11-17)7-9-26-23-28-13-19(22(24)29-23)14-2-5-20-15(10-14)6-8-25-20/h2-6,8,10-13,25,27H,7,9H2,1H3,(H3,24,26,28,29). The molecule has 3 aromatic heterocycles. The predicted molar refractivity (Wildman–Crippen MR) is 121 cm³/mol. The van der Waals surface area contributed by atoms with Crippen molar-refractivity contribution in [1.29, 1.82) is 0 Å². The Balaban J connectivity index is 1.28. The van der Waals surface area contributed by atoms with E-state index >= 15 is 0 Å². The Morgan fingerprint density at radius 3 is 2.87 bits per heavy atom. The van der Waals surface area contributed by atoms with Gasteiger partial charge in [-0.15, -0.1) is 0 Å². The zero-order valence-corrected chi connectivity index (χ0v) is 16.6. The van der Waals surface area contributed by atoms with Crippen LogP contribution in [0.3, 0.4) is 0 Å². The number of rotatable bonds is 6. The molecule has 5 N–H and O–H groups in total. The number of ether oxygens (including phenoxy) is 1. The number of nitrogen functional groups attached to an aromatic ring is 1. The summed E-state index contributed by atoms with van der Waals surface area (Å²) in [5, 5.41) is 5.59. The number of aromatic nitrogens is 4. The Morgan fingerprint density at radius 2 is 2.00 bits per heavy atom. The Kier molecular flexibility index (Phi) is 4.48. The van der Waals surface area contributed by atoms with Crippen LogP contribution >= 0.6 is 0 Å². The van der Waals surface area contributed by atoms with Crippen LogP contribution in [0.4, 0.5) is 11.8 Å². The van der Waals surface area contributed by atoms with Crippen LogP contribution in [0.5, 0.6) is 5.75 Å². The topological polar surface area (TPSA) is 105 Å². The summed E-state index contributed by atoms with van der Waals surface area (Å²) in [7, 11) is 1.67. The molecule has 0 radical (unpaired) electrons. The van der Waals surface area contributed by atoms with Crippen molar-refractivity contribution in [2.45, 2.75) is 6.42 Å². The van der Waals surface area contributed by atoms with E-state index in [0.717, 1.165) is 39.7 Å². The fraction of sp³-hybridized carbons (Fsp3) is 0.130. The monoisotopic (exact) mass is 398 g/mol. The van der Waals surface area contributed by atoms with Gasteiger partial charge < -0.3 is 25.8 Å². The van der Waals surface area contributed by atoms with E-state index in [1.165, 1.54) is 10.9 Å². The van der Waals surface area contributed by atoms with E-state index in [2.05, 4.69) is 37.4 Å². The van der Waals surface area contributed by atoms with Gasteiger partial charge in [-0.1, -0.05) is 6.07 Å². The van der Waals surface area contributed by atoms with Gasteiger partial charge in [-0.25, -0.2) is 4.98 Å². The van der Waals surface area contributed by atoms with E-state index in [1.54, 1.807) is 13.3 Å². The summed E-state index contributed by atoms with van der Waals surface area (Å²) in [4.78, 5) is 15.4. The van der Waals surface area contributed by atoms with Gasteiger partial charge in [0.2, 0.25) is 5.95 Å². The van der Waals surface area contributed by atoms with Crippen molar-refractivity contribution < 1.29 is 4.74 Å². The third kappa shape index (κ3) is 3.30. The van der Waals surface area contributed by atoms with Crippen LogP contribution in [0.2, 0.25) is 0 Å². The molecule has 0 amide bonds. The molecule has 150 valence electrons. The average molecular weight is 398 g/mol. The molecule has 2 aromatic carbocycles. The van der Waals surface area contributed by atoms with E-state index < -0.39 is 0 Å². The lowest BCUT2D eigenvalue weighted by Crippen LogP contribution is -2.09. The van der Waals surface area contributed by atoms with Crippen LogP contribution in [0.1, 0.15) is 5.56 Å². The molecule has 7 heteroatoms. The van der Waals surface area contributed by atoms with E-state index in [0.29, 0.717) is 18.3 Å². The molecule has 5 rings (SSSR count). The second-order valence-electron chi connectivity index (χ2n) is 7.17. The van der Waals surface area contributed by atoms with Gasteiger partial charge in [-0.3, -0.25) is 0 Å².